The Kier molecular flexibility index (Phi) is 11.2. The number of esters is 1. The number of ether oxygens (including phenoxy) is 1. The topological polar surface area (TPSA) is 160 Å². The normalized spacial score (nSPS) is 24.3. The maximum absolute atomic E-state index is 13.7. The summed E-state index contributed by atoms with van der Waals surface area (Å²) in [5.41, 5.74) is 4.37. The van der Waals surface area contributed by atoms with Crippen LogP contribution in [0.3, 0.4) is 0 Å². The largest absolute Gasteiger partial charge is 0.460 e. The number of amides is 4. The zero-order valence-corrected chi connectivity index (χ0v) is 29.3. The second-order valence-electron chi connectivity index (χ2n) is 17.1. The number of carbonyl (C=O) groups is 5. The highest BCUT2D eigenvalue weighted by molar-refractivity contribution is 6.37. The van der Waals surface area contributed by atoms with Crippen molar-refractivity contribution in [2.45, 2.75) is 137 Å². The van der Waals surface area contributed by atoms with Crippen molar-refractivity contribution in [3.05, 3.63) is 0 Å². The number of primary amides is 1. The van der Waals surface area contributed by atoms with Gasteiger partial charge >= 0.3 is 12.0 Å². The van der Waals surface area contributed by atoms with Crippen molar-refractivity contribution in [2.75, 3.05) is 13.1 Å². The average Bonchev–Trinajstić information content (AvgIpc) is 3.80. The molecule has 0 radical (unpaired) electrons. The Morgan fingerprint density at radius 3 is 1.87 bits per heavy atom. The third-order valence-corrected chi connectivity index (χ3v) is 10.4. The van der Waals surface area contributed by atoms with E-state index < -0.39 is 41.3 Å². The van der Waals surface area contributed by atoms with Crippen LogP contribution < -0.4 is 21.7 Å². The van der Waals surface area contributed by atoms with Crippen LogP contribution in [0.5, 0.6) is 0 Å². The summed E-state index contributed by atoms with van der Waals surface area (Å²) in [4.78, 5) is 67.2. The van der Waals surface area contributed by atoms with Gasteiger partial charge in [0, 0.05) is 19.1 Å². The molecule has 46 heavy (non-hydrogen) atoms. The first-order valence-corrected chi connectivity index (χ1v) is 17.5. The van der Waals surface area contributed by atoms with Crippen LogP contribution in [0.4, 0.5) is 4.79 Å². The van der Waals surface area contributed by atoms with E-state index in [0.29, 0.717) is 49.6 Å². The number of hydrogen-bond donors (Lipinski definition) is 4. The maximum Gasteiger partial charge on any atom is 0.329 e. The minimum atomic E-state index is -1.04. The fourth-order valence-corrected chi connectivity index (χ4v) is 6.61. The van der Waals surface area contributed by atoms with E-state index in [0.717, 1.165) is 38.5 Å². The first kappa shape index (κ1) is 36.2. The summed E-state index contributed by atoms with van der Waals surface area (Å²) in [6, 6.07) is -3.10. The van der Waals surface area contributed by atoms with Crippen molar-refractivity contribution < 1.29 is 28.7 Å². The molecule has 260 valence electrons. The molecule has 4 rings (SSSR count). The molecule has 11 heteroatoms. The first-order valence-electron chi connectivity index (χ1n) is 17.5. The van der Waals surface area contributed by atoms with Gasteiger partial charge in [0.25, 0.3) is 5.91 Å². The van der Waals surface area contributed by atoms with Gasteiger partial charge in [0.2, 0.25) is 11.7 Å². The zero-order chi connectivity index (χ0) is 34.1. The number of nitrogens with two attached hydrogens (primary N) is 1. The molecule has 11 nitrogen and oxygen atoms in total. The molecule has 5 atom stereocenters. The molecule has 0 bridgehead atoms. The van der Waals surface area contributed by atoms with Crippen LogP contribution in [0.1, 0.15) is 107 Å². The zero-order valence-electron chi connectivity index (χ0n) is 29.3. The monoisotopic (exact) mass is 645 g/mol. The number of hydrogen-bond acceptors (Lipinski definition) is 7. The van der Waals surface area contributed by atoms with Gasteiger partial charge in [-0.3, -0.25) is 19.3 Å². The third-order valence-electron chi connectivity index (χ3n) is 10.4. The van der Waals surface area contributed by atoms with Crippen LogP contribution in [0.25, 0.3) is 0 Å². The van der Waals surface area contributed by atoms with Gasteiger partial charge in [0.1, 0.15) is 12.1 Å². The highest BCUT2D eigenvalue weighted by Gasteiger charge is 2.47. The summed E-state index contributed by atoms with van der Waals surface area (Å²) in [5, 5.41) is 8.94. The van der Waals surface area contributed by atoms with E-state index in [-0.39, 0.29) is 35.4 Å². The Morgan fingerprint density at radius 1 is 0.826 bits per heavy atom. The Bertz CT molecular complexity index is 1140. The predicted octanol–water partition coefficient (Wildman–Crippen LogP) is 3.53. The van der Waals surface area contributed by atoms with E-state index in [9.17, 15) is 24.0 Å². The van der Waals surface area contributed by atoms with E-state index in [1.54, 1.807) is 0 Å². The van der Waals surface area contributed by atoms with Crippen LogP contribution in [-0.2, 0) is 23.9 Å². The summed E-state index contributed by atoms with van der Waals surface area (Å²) in [6.07, 6.45) is 7.27. The van der Waals surface area contributed by atoms with Crippen LogP contribution in [-0.4, -0.2) is 77.9 Å². The fourth-order valence-electron chi connectivity index (χ4n) is 6.61. The molecule has 1 saturated heterocycles. The summed E-state index contributed by atoms with van der Waals surface area (Å²) in [5.74, 6) is -0.722. The Labute approximate surface area is 275 Å². The lowest BCUT2D eigenvalue weighted by molar-refractivity contribution is -0.156. The number of ketones is 1. The van der Waals surface area contributed by atoms with Crippen molar-refractivity contribution in [3.63, 3.8) is 0 Å². The van der Waals surface area contributed by atoms with Crippen molar-refractivity contribution in [2.24, 2.45) is 46.2 Å². The fraction of sp³-hybridized carbons (Fsp3) is 0.857. The maximum atomic E-state index is 13.7. The molecule has 1 heterocycles. The number of likely N-dealkylation sites (tertiary alicyclic amines) is 1. The molecule has 4 amide bonds. The van der Waals surface area contributed by atoms with E-state index in [4.69, 9.17) is 10.5 Å². The van der Waals surface area contributed by atoms with Gasteiger partial charge in [-0.2, -0.15) is 0 Å². The molecule has 0 aromatic heterocycles. The smallest absolute Gasteiger partial charge is 0.329 e. The summed E-state index contributed by atoms with van der Waals surface area (Å²) < 4.78 is 6.05. The lowest BCUT2D eigenvalue weighted by Gasteiger charge is -2.37. The molecule has 3 saturated carbocycles. The van der Waals surface area contributed by atoms with Gasteiger partial charge in [-0.05, 0) is 78.9 Å². The molecule has 0 aromatic carbocycles. The number of nitrogens with zero attached hydrogens (tertiary/aromatic N) is 1. The highest BCUT2D eigenvalue weighted by atomic mass is 16.5. The van der Waals surface area contributed by atoms with Crippen molar-refractivity contribution in [3.8, 4) is 0 Å². The molecule has 0 spiro atoms. The molecule has 1 unspecified atom stereocenters. The van der Waals surface area contributed by atoms with Gasteiger partial charge in [0.05, 0.1) is 12.1 Å². The van der Waals surface area contributed by atoms with Gasteiger partial charge in [-0.1, -0.05) is 68.2 Å². The quantitative estimate of drug-likeness (QED) is 0.157. The summed E-state index contributed by atoms with van der Waals surface area (Å²) in [7, 11) is 0. The molecule has 4 aliphatic rings. The van der Waals surface area contributed by atoms with Crippen molar-refractivity contribution in [1.29, 1.82) is 0 Å². The van der Waals surface area contributed by atoms with Crippen molar-refractivity contribution in [1.82, 2.24) is 20.9 Å². The molecule has 4 fully saturated rings. The Hall–Kier alpha value is -2.69. The number of carbonyl (C=O) groups excluding carboxylic acids is 5. The van der Waals surface area contributed by atoms with E-state index in [1.807, 2.05) is 41.5 Å². The van der Waals surface area contributed by atoms with Gasteiger partial charge in [0.15, 0.2) is 0 Å². The second-order valence-corrected chi connectivity index (χ2v) is 17.1. The number of nitrogens with one attached hydrogen (secondary N) is 3. The molecule has 1 aliphatic heterocycles. The lowest BCUT2D eigenvalue weighted by atomic mass is 9.85. The Morgan fingerprint density at radius 2 is 1.41 bits per heavy atom. The molecule has 3 aliphatic carbocycles. The Balaban J connectivity index is 1.45. The molecular formula is C35H59N5O6. The van der Waals surface area contributed by atoms with Gasteiger partial charge in [-0.25, -0.2) is 9.59 Å². The number of urea groups is 1. The van der Waals surface area contributed by atoms with Crippen LogP contribution in [0.15, 0.2) is 0 Å². The third kappa shape index (κ3) is 9.91. The van der Waals surface area contributed by atoms with E-state index in [1.165, 1.54) is 0 Å². The standard InChI is InChI=1S/C35H59N5O6/c1-19(2)23-16-25(31(43)37-24(15-20-9-10-20)27(41)30(36)42)40(17-23)18-26(34(3,4)5)38-33(45)39-29(35(6,7)8)32(44)46-28(21-11-12-21)22-13-14-22/h19-26,28-29H,9-18H2,1-8H3,(H2,36,42)(H,37,43)(H2,38,39,45)/t23-,24?,25+,26-,29-/m1/s1. The number of Topliss-reactive ketones (excluding diaryl/α,β-unsaturated/α-hetero) is 1. The minimum absolute atomic E-state index is 0.0566. The van der Waals surface area contributed by atoms with E-state index >= 15 is 0 Å². The lowest BCUT2D eigenvalue weighted by Crippen LogP contribution is -2.59. The highest BCUT2D eigenvalue weighted by Crippen LogP contribution is 2.46. The molecule has 5 N–H and O–H groups in total. The number of rotatable bonds is 15. The van der Waals surface area contributed by atoms with Crippen LogP contribution in [0, 0.1) is 40.4 Å². The first-order chi connectivity index (χ1) is 21.3. The SMILES string of the molecule is CC(C)[C@@H]1C[C@@H](C(=O)NC(CC2CC2)C(=O)C(N)=O)N(C[C@@H](NC(=O)N[C@H](C(=O)OC(C2CC2)C2CC2)C(C)(C)C)C(C)(C)C)C1. The van der Waals surface area contributed by atoms with Crippen molar-refractivity contribution >= 4 is 29.6 Å². The van der Waals surface area contributed by atoms with E-state index in [2.05, 4.69) is 34.7 Å². The summed E-state index contributed by atoms with van der Waals surface area (Å²) >= 11 is 0. The summed E-state index contributed by atoms with van der Waals surface area (Å²) in [6.45, 7) is 17.2. The van der Waals surface area contributed by atoms with Crippen LogP contribution in [0.2, 0.25) is 0 Å². The van der Waals surface area contributed by atoms with Gasteiger partial charge in [-0.15, -0.1) is 0 Å². The predicted molar refractivity (Wildman–Crippen MR) is 175 cm³/mol. The van der Waals surface area contributed by atoms with Gasteiger partial charge < -0.3 is 26.4 Å². The average molecular weight is 646 g/mol. The minimum Gasteiger partial charge on any atom is -0.460 e. The molecular weight excluding hydrogens is 586 g/mol. The molecule has 0 aromatic rings. The second kappa shape index (κ2) is 14.2. The van der Waals surface area contributed by atoms with Crippen LogP contribution >= 0.6 is 0 Å².